The predicted molar refractivity (Wildman–Crippen MR) is 67.3 cm³/mol. The second kappa shape index (κ2) is 5.83. The van der Waals surface area contributed by atoms with E-state index in [4.69, 9.17) is 14.7 Å². The summed E-state index contributed by atoms with van der Waals surface area (Å²) in [5.74, 6) is 0.513. The smallest absolute Gasteiger partial charge is 0.271 e. The van der Waals surface area contributed by atoms with E-state index in [1.165, 1.54) is 6.07 Å². The average molecular weight is 276 g/mol. The van der Waals surface area contributed by atoms with Crippen LogP contribution in [0, 0.1) is 5.41 Å². The molecule has 0 saturated carbocycles. The van der Waals surface area contributed by atoms with E-state index >= 15 is 0 Å². The lowest BCUT2D eigenvalue weighted by Crippen LogP contribution is -2.29. The Labute approximate surface area is 107 Å². The van der Waals surface area contributed by atoms with Crippen LogP contribution in [-0.2, 0) is 16.6 Å². The molecule has 104 valence electrons. The van der Waals surface area contributed by atoms with Gasteiger partial charge in [-0.1, -0.05) is 13.8 Å². The molecule has 0 aromatic carbocycles. The lowest BCUT2D eigenvalue weighted by molar-refractivity contribution is 0.205. The van der Waals surface area contributed by atoms with Crippen molar-refractivity contribution in [3.63, 3.8) is 0 Å². The van der Waals surface area contributed by atoms with Crippen LogP contribution in [0.3, 0.4) is 0 Å². The zero-order valence-electron chi connectivity index (χ0n) is 10.6. The molecule has 0 radical (unpaired) electrons. The fraction of sp³-hybridized carbons (Fsp3) is 0.636. The maximum Gasteiger partial charge on any atom is 0.271 e. The molecule has 0 aliphatic heterocycles. The molecule has 0 spiro atoms. The molecule has 1 aromatic heterocycles. The number of nitrogens with two attached hydrogens (primary N) is 1. The van der Waals surface area contributed by atoms with Gasteiger partial charge in [-0.2, -0.15) is 0 Å². The summed E-state index contributed by atoms with van der Waals surface area (Å²) < 4.78 is 27.1. The number of furan rings is 1. The van der Waals surface area contributed by atoms with E-state index in [0.29, 0.717) is 25.3 Å². The maximum atomic E-state index is 11.0. The van der Waals surface area contributed by atoms with Gasteiger partial charge in [-0.15, -0.1) is 0 Å². The van der Waals surface area contributed by atoms with Crippen molar-refractivity contribution in [3.8, 4) is 0 Å². The highest BCUT2D eigenvalue weighted by molar-refractivity contribution is 7.89. The van der Waals surface area contributed by atoms with Gasteiger partial charge in [0.15, 0.2) is 0 Å². The Morgan fingerprint density at radius 2 is 2.11 bits per heavy atom. The van der Waals surface area contributed by atoms with Gasteiger partial charge in [-0.3, -0.25) is 0 Å². The average Bonchev–Trinajstić information content (AvgIpc) is 2.65. The minimum Gasteiger partial charge on any atom is -0.447 e. The second-order valence-electron chi connectivity index (χ2n) is 5.01. The van der Waals surface area contributed by atoms with Crippen LogP contribution in [0.4, 0.5) is 0 Å². The molecule has 1 rings (SSSR count). The van der Waals surface area contributed by atoms with Crippen LogP contribution in [-0.4, -0.2) is 26.7 Å². The van der Waals surface area contributed by atoms with Gasteiger partial charge in [0.25, 0.3) is 10.0 Å². The first-order valence-electron chi connectivity index (χ1n) is 5.68. The van der Waals surface area contributed by atoms with Crippen molar-refractivity contribution in [2.24, 2.45) is 10.6 Å². The normalized spacial score (nSPS) is 12.9. The Hall–Kier alpha value is -0.890. The Balaban J connectivity index is 2.48. The molecule has 1 heterocycles. The molecule has 0 fully saturated rings. The molecule has 0 unspecified atom stereocenters. The van der Waals surface area contributed by atoms with Crippen molar-refractivity contribution in [2.75, 3.05) is 13.2 Å². The number of nitrogens with one attached hydrogen (secondary N) is 1. The summed E-state index contributed by atoms with van der Waals surface area (Å²) >= 11 is 0. The molecular formula is C11H20N2O4S. The fourth-order valence-corrected chi connectivity index (χ4v) is 2.00. The first-order chi connectivity index (χ1) is 8.24. The van der Waals surface area contributed by atoms with E-state index in [-0.39, 0.29) is 17.1 Å². The number of sulfonamides is 1. The van der Waals surface area contributed by atoms with Crippen LogP contribution < -0.4 is 10.5 Å². The minimum absolute atomic E-state index is 0.0237. The summed E-state index contributed by atoms with van der Waals surface area (Å²) in [5.41, 5.74) is -0.0237. The van der Waals surface area contributed by atoms with Gasteiger partial charge < -0.3 is 14.8 Å². The molecule has 0 atom stereocenters. The molecule has 0 aliphatic carbocycles. The quantitative estimate of drug-likeness (QED) is 0.669. The summed E-state index contributed by atoms with van der Waals surface area (Å²) in [5, 5.41) is 16.7. The van der Waals surface area contributed by atoms with Crippen LogP contribution in [0.2, 0.25) is 0 Å². The van der Waals surface area contributed by atoms with E-state index in [0.717, 1.165) is 0 Å². The van der Waals surface area contributed by atoms with Gasteiger partial charge in [0.1, 0.15) is 5.76 Å². The van der Waals surface area contributed by atoms with Crippen molar-refractivity contribution in [1.29, 1.82) is 0 Å². The van der Waals surface area contributed by atoms with E-state index in [9.17, 15) is 8.42 Å². The minimum atomic E-state index is -3.77. The summed E-state index contributed by atoms with van der Waals surface area (Å²) in [7, 11) is -3.77. The third-order valence-electron chi connectivity index (χ3n) is 2.61. The highest BCUT2D eigenvalue weighted by atomic mass is 32.2. The van der Waals surface area contributed by atoms with E-state index in [1.54, 1.807) is 6.07 Å². The number of aliphatic hydroxyl groups excluding tert-OH is 1. The molecule has 6 nitrogen and oxygen atoms in total. The summed E-state index contributed by atoms with van der Waals surface area (Å²) in [6.45, 7) is 5.33. The zero-order valence-corrected chi connectivity index (χ0v) is 11.5. The summed E-state index contributed by atoms with van der Waals surface area (Å²) in [4.78, 5) is 0. The first-order valence-corrected chi connectivity index (χ1v) is 7.22. The van der Waals surface area contributed by atoms with Crippen molar-refractivity contribution in [1.82, 2.24) is 5.32 Å². The van der Waals surface area contributed by atoms with Gasteiger partial charge >= 0.3 is 0 Å². The first kappa shape index (κ1) is 15.2. The Bertz CT molecular complexity index is 479. The Kier molecular flexibility index (Phi) is 4.92. The topological polar surface area (TPSA) is 106 Å². The number of hydrogen-bond acceptors (Lipinski definition) is 5. The highest BCUT2D eigenvalue weighted by Gasteiger charge is 2.17. The molecule has 18 heavy (non-hydrogen) atoms. The highest BCUT2D eigenvalue weighted by Crippen LogP contribution is 2.18. The lowest BCUT2D eigenvalue weighted by Gasteiger charge is -2.23. The number of rotatable bonds is 7. The number of hydrogen-bond donors (Lipinski definition) is 3. The third kappa shape index (κ3) is 4.77. The molecular weight excluding hydrogens is 256 g/mol. The van der Waals surface area contributed by atoms with Gasteiger partial charge in [0.2, 0.25) is 5.09 Å². The maximum absolute atomic E-state index is 11.0. The van der Waals surface area contributed by atoms with Crippen molar-refractivity contribution in [2.45, 2.75) is 31.9 Å². The standard InChI is InChI=1S/C11H20N2O4S/c1-11(2,5-6-14)8-13-7-9-3-4-10(17-9)18(12,15)16/h3-4,13-14H,5-8H2,1-2H3,(H2,12,15,16). The molecule has 1 aromatic rings. The molecule has 0 saturated heterocycles. The van der Waals surface area contributed by atoms with Crippen LogP contribution in [0.25, 0.3) is 0 Å². The second-order valence-corrected chi connectivity index (χ2v) is 6.50. The summed E-state index contributed by atoms with van der Waals surface area (Å²) in [6.07, 6.45) is 0.695. The molecule has 0 amide bonds. The fourth-order valence-electron chi connectivity index (χ4n) is 1.52. The monoisotopic (exact) mass is 276 g/mol. The Morgan fingerprint density at radius 1 is 1.44 bits per heavy atom. The predicted octanol–water partition coefficient (Wildman–Crippen LogP) is 0.425. The largest absolute Gasteiger partial charge is 0.447 e. The van der Waals surface area contributed by atoms with E-state index < -0.39 is 10.0 Å². The SMILES string of the molecule is CC(C)(CCO)CNCc1ccc(S(N)(=O)=O)o1. The van der Waals surface area contributed by atoms with Gasteiger partial charge in [0, 0.05) is 13.2 Å². The van der Waals surface area contributed by atoms with Crippen LogP contribution >= 0.6 is 0 Å². The molecule has 7 heteroatoms. The Morgan fingerprint density at radius 3 is 2.61 bits per heavy atom. The van der Waals surface area contributed by atoms with Crippen LogP contribution in [0.1, 0.15) is 26.0 Å². The van der Waals surface area contributed by atoms with Crippen molar-refractivity contribution >= 4 is 10.0 Å². The lowest BCUT2D eigenvalue weighted by atomic mass is 9.90. The number of aliphatic hydroxyl groups is 1. The van der Waals surface area contributed by atoms with Gasteiger partial charge in [0.05, 0.1) is 6.54 Å². The number of primary sulfonamides is 1. The molecule has 0 aliphatic rings. The van der Waals surface area contributed by atoms with Crippen LogP contribution in [0.15, 0.2) is 21.6 Å². The van der Waals surface area contributed by atoms with Gasteiger partial charge in [-0.05, 0) is 24.0 Å². The van der Waals surface area contributed by atoms with Gasteiger partial charge in [-0.25, -0.2) is 13.6 Å². The molecule has 0 bridgehead atoms. The molecule has 4 N–H and O–H groups in total. The van der Waals surface area contributed by atoms with Crippen LogP contribution in [0.5, 0.6) is 0 Å². The zero-order chi connectivity index (χ0) is 13.8. The third-order valence-corrected chi connectivity index (χ3v) is 3.39. The van der Waals surface area contributed by atoms with E-state index in [2.05, 4.69) is 5.32 Å². The summed E-state index contributed by atoms with van der Waals surface area (Å²) in [6, 6.07) is 2.91. The van der Waals surface area contributed by atoms with E-state index in [1.807, 2.05) is 13.8 Å². The van der Waals surface area contributed by atoms with Crippen molar-refractivity contribution < 1.29 is 17.9 Å². The van der Waals surface area contributed by atoms with Crippen molar-refractivity contribution in [3.05, 3.63) is 17.9 Å².